The van der Waals surface area contributed by atoms with Crippen molar-refractivity contribution in [2.24, 2.45) is 0 Å². The Morgan fingerprint density at radius 2 is 1.74 bits per heavy atom. The average molecular weight is 310 g/mol. The SMILES string of the molecule is COC(=O)C1Cc2ccccc2CN1C(=O)c1ccc(N)cc1. The molecule has 0 saturated carbocycles. The van der Waals surface area contributed by atoms with Gasteiger partial charge >= 0.3 is 5.97 Å². The standard InChI is InChI=1S/C18H18N2O3/c1-23-18(22)16-10-13-4-2-3-5-14(13)11-20(16)17(21)12-6-8-15(19)9-7-12/h2-9,16H,10-11,19H2,1H3. The summed E-state index contributed by atoms with van der Waals surface area (Å²) < 4.78 is 4.89. The summed E-state index contributed by atoms with van der Waals surface area (Å²) in [5.74, 6) is -0.599. The molecule has 5 heteroatoms. The van der Waals surface area contributed by atoms with E-state index in [9.17, 15) is 9.59 Å². The molecule has 1 amide bonds. The van der Waals surface area contributed by atoms with Crippen LogP contribution in [0.15, 0.2) is 48.5 Å². The van der Waals surface area contributed by atoms with Crippen LogP contribution in [-0.2, 0) is 22.5 Å². The molecule has 1 heterocycles. The number of fused-ring (bicyclic) bond motifs is 1. The molecule has 0 spiro atoms. The summed E-state index contributed by atoms with van der Waals surface area (Å²) >= 11 is 0. The van der Waals surface area contributed by atoms with Gasteiger partial charge in [-0.15, -0.1) is 0 Å². The van der Waals surface area contributed by atoms with Gasteiger partial charge in [0.2, 0.25) is 0 Å². The van der Waals surface area contributed by atoms with E-state index in [0.29, 0.717) is 24.2 Å². The molecule has 0 aromatic heterocycles. The van der Waals surface area contributed by atoms with Crippen molar-refractivity contribution in [3.8, 4) is 0 Å². The number of carbonyl (C=O) groups is 2. The van der Waals surface area contributed by atoms with Gasteiger partial charge in [0.05, 0.1) is 7.11 Å². The van der Waals surface area contributed by atoms with Gasteiger partial charge < -0.3 is 15.4 Å². The number of ether oxygens (including phenoxy) is 1. The van der Waals surface area contributed by atoms with Gasteiger partial charge in [0, 0.05) is 24.2 Å². The van der Waals surface area contributed by atoms with E-state index in [4.69, 9.17) is 10.5 Å². The van der Waals surface area contributed by atoms with Gasteiger partial charge in [-0.1, -0.05) is 24.3 Å². The summed E-state index contributed by atoms with van der Waals surface area (Å²) in [7, 11) is 1.34. The summed E-state index contributed by atoms with van der Waals surface area (Å²) in [5, 5.41) is 0. The van der Waals surface area contributed by atoms with Crippen LogP contribution < -0.4 is 5.73 Å². The molecule has 2 aromatic carbocycles. The van der Waals surface area contributed by atoms with Gasteiger partial charge in [0.25, 0.3) is 5.91 Å². The number of nitrogens with two attached hydrogens (primary N) is 1. The fraction of sp³-hybridized carbons (Fsp3) is 0.222. The van der Waals surface area contributed by atoms with E-state index in [2.05, 4.69) is 0 Å². The minimum atomic E-state index is -0.611. The highest BCUT2D eigenvalue weighted by atomic mass is 16.5. The Kier molecular flexibility index (Phi) is 4.02. The van der Waals surface area contributed by atoms with Gasteiger partial charge in [-0.25, -0.2) is 4.79 Å². The van der Waals surface area contributed by atoms with Crippen molar-refractivity contribution < 1.29 is 14.3 Å². The van der Waals surface area contributed by atoms with E-state index in [1.807, 2.05) is 24.3 Å². The summed E-state index contributed by atoms with van der Waals surface area (Å²) in [4.78, 5) is 26.5. The van der Waals surface area contributed by atoms with Crippen LogP contribution >= 0.6 is 0 Å². The first kappa shape index (κ1) is 15.1. The maximum absolute atomic E-state index is 12.8. The second-order valence-electron chi connectivity index (χ2n) is 5.57. The topological polar surface area (TPSA) is 72.6 Å². The Morgan fingerprint density at radius 1 is 1.09 bits per heavy atom. The summed E-state index contributed by atoms with van der Waals surface area (Å²) in [5.41, 5.74) is 8.89. The average Bonchev–Trinajstić information content (AvgIpc) is 2.60. The van der Waals surface area contributed by atoms with Crippen molar-refractivity contribution in [2.75, 3.05) is 12.8 Å². The third kappa shape index (κ3) is 2.90. The van der Waals surface area contributed by atoms with Gasteiger partial charge in [0.1, 0.15) is 6.04 Å². The quantitative estimate of drug-likeness (QED) is 0.680. The number of carbonyl (C=O) groups excluding carboxylic acids is 2. The van der Waals surface area contributed by atoms with Gasteiger partial charge in [-0.2, -0.15) is 0 Å². The molecule has 0 fully saturated rings. The van der Waals surface area contributed by atoms with Crippen molar-refractivity contribution in [3.05, 3.63) is 65.2 Å². The van der Waals surface area contributed by atoms with E-state index in [-0.39, 0.29) is 5.91 Å². The molecule has 5 nitrogen and oxygen atoms in total. The number of esters is 1. The van der Waals surface area contributed by atoms with E-state index in [0.717, 1.165) is 11.1 Å². The molecule has 118 valence electrons. The maximum atomic E-state index is 12.8. The molecule has 3 rings (SSSR count). The van der Waals surface area contributed by atoms with E-state index in [1.165, 1.54) is 7.11 Å². The second kappa shape index (κ2) is 6.12. The first-order chi connectivity index (χ1) is 11.1. The largest absolute Gasteiger partial charge is 0.467 e. The maximum Gasteiger partial charge on any atom is 0.328 e. The number of nitrogens with zero attached hydrogens (tertiary/aromatic N) is 1. The van der Waals surface area contributed by atoms with Crippen molar-refractivity contribution in [1.29, 1.82) is 0 Å². The van der Waals surface area contributed by atoms with Crippen LogP contribution in [0.2, 0.25) is 0 Å². The monoisotopic (exact) mass is 310 g/mol. The molecular weight excluding hydrogens is 292 g/mol. The molecule has 1 aliphatic rings. The molecule has 1 aliphatic heterocycles. The molecule has 0 saturated heterocycles. The number of hydrogen-bond donors (Lipinski definition) is 1. The first-order valence-electron chi connectivity index (χ1n) is 7.41. The Balaban J connectivity index is 1.95. The molecule has 0 aliphatic carbocycles. The van der Waals surface area contributed by atoms with Crippen molar-refractivity contribution in [2.45, 2.75) is 19.0 Å². The van der Waals surface area contributed by atoms with Crippen molar-refractivity contribution >= 4 is 17.6 Å². The number of amides is 1. The lowest BCUT2D eigenvalue weighted by Gasteiger charge is -2.35. The van der Waals surface area contributed by atoms with Crippen LogP contribution in [0.3, 0.4) is 0 Å². The fourth-order valence-corrected chi connectivity index (χ4v) is 2.87. The number of hydrogen-bond acceptors (Lipinski definition) is 4. The van der Waals surface area contributed by atoms with Gasteiger partial charge in [0.15, 0.2) is 0 Å². The minimum absolute atomic E-state index is 0.199. The van der Waals surface area contributed by atoms with E-state index < -0.39 is 12.0 Å². The number of rotatable bonds is 2. The van der Waals surface area contributed by atoms with Gasteiger partial charge in [-0.3, -0.25) is 4.79 Å². The van der Waals surface area contributed by atoms with Crippen molar-refractivity contribution in [3.63, 3.8) is 0 Å². The number of nitrogen functional groups attached to an aromatic ring is 1. The van der Waals surface area contributed by atoms with Crippen LogP contribution in [0, 0.1) is 0 Å². The van der Waals surface area contributed by atoms with Crippen molar-refractivity contribution in [1.82, 2.24) is 4.90 Å². The molecule has 23 heavy (non-hydrogen) atoms. The lowest BCUT2D eigenvalue weighted by Crippen LogP contribution is -2.49. The van der Waals surface area contributed by atoms with Crippen LogP contribution in [0.1, 0.15) is 21.5 Å². The zero-order valence-electron chi connectivity index (χ0n) is 12.9. The Morgan fingerprint density at radius 3 is 2.39 bits per heavy atom. The predicted molar refractivity (Wildman–Crippen MR) is 86.7 cm³/mol. The highest BCUT2D eigenvalue weighted by molar-refractivity contribution is 5.97. The number of benzene rings is 2. The van der Waals surface area contributed by atoms with Gasteiger partial charge in [-0.05, 0) is 35.4 Å². The summed E-state index contributed by atoms with van der Waals surface area (Å²) in [6.07, 6.45) is 0.462. The van der Waals surface area contributed by atoms with E-state index in [1.54, 1.807) is 29.2 Å². The van der Waals surface area contributed by atoms with Crippen LogP contribution in [0.5, 0.6) is 0 Å². The molecule has 1 unspecified atom stereocenters. The Labute approximate surface area is 134 Å². The van der Waals surface area contributed by atoms with Crippen LogP contribution in [0.25, 0.3) is 0 Å². The van der Waals surface area contributed by atoms with Crippen LogP contribution in [0.4, 0.5) is 5.69 Å². The number of methoxy groups -OCH3 is 1. The minimum Gasteiger partial charge on any atom is -0.467 e. The molecule has 1 atom stereocenters. The fourth-order valence-electron chi connectivity index (χ4n) is 2.87. The zero-order chi connectivity index (χ0) is 16.4. The third-order valence-electron chi connectivity index (χ3n) is 4.14. The lowest BCUT2D eigenvalue weighted by molar-refractivity contribution is -0.146. The molecular formula is C18H18N2O3. The second-order valence-corrected chi connectivity index (χ2v) is 5.57. The molecule has 0 radical (unpaired) electrons. The smallest absolute Gasteiger partial charge is 0.328 e. The molecule has 2 aromatic rings. The Hall–Kier alpha value is -2.82. The predicted octanol–water partition coefficient (Wildman–Crippen LogP) is 2.01. The lowest BCUT2D eigenvalue weighted by atomic mass is 9.93. The normalized spacial score (nSPS) is 16.6. The first-order valence-corrected chi connectivity index (χ1v) is 7.41. The third-order valence-corrected chi connectivity index (χ3v) is 4.14. The summed E-state index contributed by atoms with van der Waals surface area (Å²) in [6, 6.07) is 13.9. The molecule has 2 N–H and O–H groups in total. The highest BCUT2D eigenvalue weighted by Gasteiger charge is 2.35. The zero-order valence-corrected chi connectivity index (χ0v) is 12.9. The van der Waals surface area contributed by atoms with Crippen LogP contribution in [-0.4, -0.2) is 29.9 Å². The highest BCUT2D eigenvalue weighted by Crippen LogP contribution is 2.25. The Bertz CT molecular complexity index is 740. The summed E-state index contributed by atoms with van der Waals surface area (Å²) in [6.45, 7) is 0.388. The number of anilines is 1. The molecule has 0 bridgehead atoms. The van der Waals surface area contributed by atoms with E-state index >= 15 is 0 Å².